The Bertz CT molecular complexity index is 927. The van der Waals surface area contributed by atoms with Gasteiger partial charge in [0.05, 0.1) is 24.4 Å². The molecule has 25 heavy (non-hydrogen) atoms. The number of nitrogens with zero attached hydrogens (tertiary/aromatic N) is 1. The van der Waals surface area contributed by atoms with E-state index in [9.17, 15) is 4.79 Å². The summed E-state index contributed by atoms with van der Waals surface area (Å²) in [5, 5.41) is 0.964. The molecule has 3 aromatic rings. The summed E-state index contributed by atoms with van der Waals surface area (Å²) in [4.78, 5) is 11.4. The van der Waals surface area contributed by atoms with E-state index in [-0.39, 0.29) is 5.70 Å². The molecule has 0 atom stereocenters. The van der Waals surface area contributed by atoms with Crippen LogP contribution in [0.25, 0.3) is 17.0 Å². The largest absolute Gasteiger partial charge is 0.479 e. The van der Waals surface area contributed by atoms with Gasteiger partial charge in [-0.05, 0) is 24.6 Å². The number of hydrogen-bond acceptors (Lipinski definition) is 3. The van der Waals surface area contributed by atoms with Crippen molar-refractivity contribution in [3.63, 3.8) is 0 Å². The minimum atomic E-state index is -0.651. The molecule has 0 bridgehead atoms. The molecule has 0 fully saturated rings. The van der Waals surface area contributed by atoms with Gasteiger partial charge in [-0.3, -0.25) is 4.79 Å². The number of carbonyl (C=O) groups is 1. The Kier molecular flexibility index (Phi) is 4.75. The fourth-order valence-corrected chi connectivity index (χ4v) is 2.89. The van der Waals surface area contributed by atoms with E-state index >= 15 is 0 Å². The molecule has 1 aromatic heterocycles. The SMILES string of the molecule is CCOc1c(/C=C(\N)C(N)=O)c2ccccc2n1Cc1ccccc1. The summed E-state index contributed by atoms with van der Waals surface area (Å²) in [5.41, 5.74) is 14.0. The summed E-state index contributed by atoms with van der Waals surface area (Å²) in [6.45, 7) is 3.08. The molecular weight excluding hydrogens is 314 g/mol. The highest BCUT2D eigenvalue weighted by atomic mass is 16.5. The minimum Gasteiger partial charge on any atom is -0.479 e. The molecule has 0 aliphatic heterocycles. The van der Waals surface area contributed by atoms with Crippen molar-refractivity contribution in [2.45, 2.75) is 13.5 Å². The van der Waals surface area contributed by atoms with E-state index in [1.807, 2.05) is 49.4 Å². The number of benzene rings is 2. The quantitative estimate of drug-likeness (QED) is 0.679. The average molecular weight is 335 g/mol. The second kappa shape index (κ2) is 7.13. The van der Waals surface area contributed by atoms with Gasteiger partial charge in [0.25, 0.3) is 5.91 Å². The second-order valence-corrected chi connectivity index (χ2v) is 5.70. The van der Waals surface area contributed by atoms with Crippen LogP contribution >= 0.6 is 0 Å². The Morgan fingerprint density at radius 2 is 1.76 bits per heavy atom. The molecule has 0 aliphatic carbocycles. The van der Waals surface area contributed by atoms with E-state index in [4.69, 9.17) is 16.2 Å². The van der Waals surface area contributed by atoms with Crippen molar-refractivity contribution in [1.82, 2.24) is 4.57 Å². The van der Waals surface area contributed by atoms with Gasteiger partial charge in [-0.1, -0.05) is 48.5 Å². The van der Waals surface area contributed by atoms with Crippen LogP contribution in [0.1, 0.15) is 18.1 Å². The Hall–Kier alpha value is -3.21. The third kappa shape index (κ3) is 3.35. The molecule has 0 spiro atoms. The molecule has 0 saturated heterocycles. The van der Waals surface area contributed by atoms with Crippen molar-refractivity contribution in [2.75, 3.05) is 6.61 Å². The Labute approximate surface area is 146 Å². The lowest BCUT2D eigenvalue weighted by Crippen LogP contribution is -2.19. The number of nitrogens with two attached hydrogens (primary N) is 2. The van der Waals surface area contributed by atoms with Crippen molar-refractivity contribution in [2.24, 2.45) is 11.5 Å². The van der Waals surface area contributed by atoms with Gasteiger partial charge in [-0.25, -0.2) is 0 Å². The third-order valence-corrected chi connectivity index (χ3v) is 4.01. The molecule has 0 unspecified atom stereocenters. The predicted molar refractivity (Wildman–Crippen MR) is 100 cm³/mol. The van der Waals surface area contributed by atoms with Crippen LogP contribution in [0.15, 0.2) is 60.3 Å². The fourth-order valence-electron chi connectivity index (χ4n) is 2.89. The first-order valence-electron chi connectivity index (χ1n) is 8.16. The van der Waals surface area contributed by atoms with Gasteiger partial charge in [0, 0.05) is 10.9 Å². The number of ether oxygens (including phenoxy) is 1. The predicted octanol–water partition coefficient (Wildman–Crippen LogP) is 2.87. The van der Waals surface area contributed by atoms with Gasteiger partial charge >= 0.3 is 0 Å². The molecule has 1 heterocycles. The van der Waals surface area contributed by atoms with E-state index < -0.39 is 5.91 Å². The highest BCUT2D eigenvalue weighted by Crippen LogP contribution is 2.34. The smallest absolute Gasteiger partial charge is 0.264 e. The fraction of sp³-hybridized carbons (Fsp3) is 0.150. The van der Waals surface area contributed by atoms with E-state index in [2.05, 4.69) is 16.7 Å². The average Bonchev–Trinajstić information content (AvgIpc) is 2.90. The lowest BCUT2D eigenvalue weighted by atomic mass is 10.1. The van der Waals surface area contributed by atoms with Crippen LogP contribution in [0.2, 0.25) is 0 Å². The zero-order valence-electron chi connectivity index (χ0n) is 14.1. The molecule has 3 rings (SSSR count). The highest BCUT2D eigenvalue weighted by molar-refractivity contribution is 6.00. The van der Waals surface area contributed by atoms with Crippen LogP contribution < -0.4 is 16.2 Å². The zero-order valence-corrected chi connectivity index (χ0v) is 14.1. The minimum absolute atomic E-state index is 0.00330. The molecule has 4 N–H and O–H groups in total. The van der Waals surface area contributed by atoms with Crippen LogP contribution in [0, 0.1) is 0 Å². The molecule has 0 radical (unpaired) electrons. The molecule has 0 saturated carbocycles. The van der Waals surface area contributed by atoms with Gasteiger partial charge in [0.2, 0.25) is 5.88 Å². The van der Waals surface area contributed by atoms with Gasteiger partial charge in [-0.15, -0.1) is 0 Å². The van der Waals surface area contributed by atoms with E-state index in [1.165, 1.54) is 0 Å². The number of amides is 1. The summed E-state index contributed by atoms with van der Waals surface area (Å²) in [5.74, 6) is 0.0269. The van der Waals surface area contributed by atoms with Gasteiger partial charge < -0.3 is 20.8 Å². The third-order valence-electron chi connectivity index (χ3n) is 4.01. The first-order chi connectivity index (χ1) is 12.1. The van der Waals surface area contributed by atoms with Crippen molar-refractivity contribution in [3.05, 3.63) is 71.4 Å². The topological polar surface area (TPSA) is 83.3 Å². The number of aromatic nitrogens is 1. The number of para-hydroxylation sites is 1. The van der Waals surface area contributed by atoms with E-state index in [0.717, 1.165) is 22.0 Å². The first-order valence-corrected chi connectivity index (χ1v) is 8.16. The second-order valence-electron chi connectivity index (χ2n) is 5.70. The number of rotatable bonds is 6. The van der Waals surface area contributed by atoms with Crippen LogP contribution in [0.5, 0.6) is 5.88 Å². The van der Waals surface area contributed by atoms with Crippen LogP contribution in [-0.4, -0.2) is 17.1 Å². The summed E-state index contributed by atoms with van der Waals surface area (Å²) in [6.07, 6.45) is 1.59. The van der Waals surface area contributed by atoms with E-state index in [0.29, 0.717) is 19.0 Å². The Balaban J connectivity index is 2.23. The van der Waals surface area contributed by atoms with Gasteiger partial charge in [-0.2, -0.15) is 0 Å². The molecule has 5 nitrogen and oxygen atoms in total. The molecule has 5 heteroatoms. The Morgan fingerprint density at radius 1 is 1.08 bits per heavy atom. The van der Waals surface area contributed by atoms with Gasteiger partial charge in [0.15, 0.2) is 0 Å². The number of primary amides is 1. The lowest BCUT2D eigenvalue weighted by Gasteiger charge is -2.12. The standard InChI is InChI=1S/C20H21N3O2/c1-2-25-20-16(12-17(21)19(22)24)15-10-6-7-11-18(15)23(20)13-14-8-4-3-5-9-14/h3-12H,2,13,21H2,1H3,(H2,22,24)/b17-12-. The van der Waals surface area contributed by atoms with Crippen molar-refractivity contribution < 1.29 is 9.53 Å². The zero-order chi connectivity index (χ0) is 17.8. The monoisotopic (exact) mass is 335 g/mol. The summed E-state index contributed by atoms with van der Waals surface area (Å²) < 4.78 is 8.01. The maximum absolute atomic E-state index is 11.4. The molecule has 2 aromatic carbocycles. The van der Waals surface area contributed by atoms with Crippen molar-refractivity contribution in [3.8, 4) is 5.88 Å². The maximum atomic E-state index is 11.4. The van der Waals surface area contributed by atoms with Crippen LogP contribution in [0.3, 0.4) is 0 Å². The lowest BCUT2D eigenvalue weighted by molar-refractivity contribution is -0.114. The Morgan fingerprint density at radius 3 is 2.44 bits per heavy atom. The summed E-state index contributed by atoms with van der Waals surface area (Å²) in [7, 11) is 0. The molecule has 1 amide bonds. The molecule has 128 valence electrons. The van der Waals surface area contributed by atoms with Crippen LogP contribution in [0.4, 0.5) is 0 Å². The highest BCUT2D eigenvalue weighted by Gasteiger charge is 2.18. The summed E-state index contributed by atoms with van der Waals surface area (Å²) >= 11 is 0. The number of carbonyl (C=O) groups excluding carboxylic acids is 1. The number of fused-ring (bicyclic) bond motifs is 1. The summed E-state index contributed by atoms with van der Waals surface area (Å²) in [6, 6.07) is 18.1. The normalized spacial score (nSPS) is 11.6. The van der Waals surface area contributed by atoms with E-state index in [1.54, 1.807) is 6.08 Å². The number of hydrogen-bond donors (Lipinski definition) is 2. The molecule has 0 aliphatic rings. The molecular formula is C20H21N3O2. The van der Waals surface area contributed by atoms with Crippen molar-refractivity contribution in [1.29, 1.82) is 0 Å². The van der Waals surface area contributed by atoms with Crippen LogP contribution in [-0.2, 0) is 11.3 Å². The maximum Gasteiger partial charge on any atom is 0.264 e. The van der Waals surface area contributed by atoms with Gasteiger partial charge in [0.1, 0.15) is 0 Å². The van der Waals surface area contributed by atoms with Crippen molar-refractivity contribution >= 4 is 22.9 Å². The first kappa shape index (κ1) is 16.6.